The van der Waals surface area contributed by atoms with Crippen molar-refractivity contribution in [3.8, 4) is 0 Å². The van der Waals surface area contributed by atoms with Crippen LogP contribution in [0.4, 0.5) is 22.0 Å². The molecule has 0 aliphatic heterocycles. The third kappa shape index (κ3) is 3.62. The average Bonchev–Trinajstić information content (AvgIpc) is 2.63. The standard InChI is InChI=1S/C16H12F5NO3/c17-10-9(11(18)13(20)14(21)12(10)19)8(6-23)22-16(25)15(24)7-4-2-1-3-5-7/h1-5,8,15,23-24H,6H2,(H,22,25)/t8-,15+/m1/s1. The zero-order chi connectivity index (χ0) is 18.7. The molecule has 2 aromatic rings. The smallest absolute Gasteiger partial charge is 0.254 e. The minimum atomic E-state index is -2.36. The second-order valence-electron chi connectivity index (χ2n) is 5.04. The molecule has 0 spiro atoms. The largest absolute Gasteiger partial charge is 0.394 e. The Kier molecular flexibility index (Phi) is 5.70. The number of benzene rings is 2. The molecule has 3 N–H and O–H groups in total. The lowest BCUT2D eigenvalue weighted by Gasteiger charge is -2.21. The van der Waals surface area contributed by atoms with Crippen LogP contribution in [0, 0.1) is 29.1 Å². The van der Waals surface area contributed by atoms with Crippen LogP contribution in [0.25, 0.3) is 0 Å². The summed E-state index contributed by atoms with van der Waals surface area (Å²) in [4.78, 5) is 12.0. The van der Waals surface area contributed by atoms with E-state index in [1.807, 2.05) is 5.32 Å². The maximum absolute atomic E-state index is 13.8. The summed E-state index contributed by atoms with van der Waals surface area (Å²) in [6.45, 7) is -1.16. The molecule has 0 saturated heterocycles. The number of hydrogen-bond donors (Lipinski definition) is 3. The first-order valence-electron chi connectivity index (χ1n) is 6.95. The van der Waals surface area contributed by atoms with Crippen LogP contribution in [0.5, 0.6) is 0 Å². The normalized spacial score (nSPS) is 13.4. The van der Waals surface area contributed by atoms with Crippen molar-refractivity contribution < 1.29 is 37.0 Å². The van der Waals surface area contributed by atoms with Crippen LogP contribution < -0.4 is 5.32 Å². The van der Waals surface area contributed by atoms with Crippen LogP contribution in [-0.4, -0.2) is 22.7 Å². The van der Waals surface area contributed by atoms with Crippen LogP contribution in [-0.2, 0) is 4.79 Å². The Hall–Kier alpha value is -2.52. The molecule has 0 aromatic heterocycles. The molecule has 0 unspecified atom stereocenters. The van der Waals surface area contributed by atoms with Crippen molar-refractivity contribution in [1.29, 1.82) is 0 Å². The lowest BCUT2D eigenvalue weighted by molar-refractivity contribution is -0.130. The number of nitrogens with one attached hydrogen (secondary N) is 1. The van der Waals surface area contributed by atoms with Crippen LogP contribution in [0.2, 0.25) is 0 Å². The fourth-order valence-electron chi connectivity index (χ4n) is 2.17. The molecule has 0 heterocycles. The second kappa shape index (κ2) is 7.58. The fourth-order valence-corrected chi connectivity index (χ4v) is 2.17. The van der Waals surface area contributed by atoms with Crippen LogP contribution in [0.15, 0.2) is 30.3 Å². The Morgan fingerprint density at radius 2 is 1.40 bits per heavy atom. The Labute approximate surface area is 138 Å². The molecule has 134 valence electrons. The molecule has 4 nitrogen and oxygen atoms in total. The van der Waals surface area contributed by atoms with Gasteiger partial charge in [0.05, 0.1) is 18.2 Å². The van der Waals surface area contributed by atoms with E-state index in [4.69, 9.17) is 0 Å². The number of carbonyl (C=O) groups excluding carboxylic acids is 1. The Morgan fingerprint density at radius 3 is 1.88 bits per heavy atom. The predicted molar refractivity (Wildman–Crippen MR) is 75.6 cm³/mol. The minimum Gasteiger partial charge on any atom is -0.394 e. The summed E-state index contributed by atoms with van der Waals surface area (Å²) >= 11 is 0. The third-order valence-corrected chi connectivity index (χ3v) is 3.45. The first kappa shape index (κ1) is 18.8. The van der Waals surface area contributed by atoms with Crippen molar-refractivity contribution in [2.75, 3.05) is 6.61 Å². The highest BCUT2D eigenvalue weighted by molar-refractivity contribution is 5.82. The fraction of sp³-hybridized carbons (Fsp3) is 0.188. The highest BCUT2D eigenvalue weighted by Gasteiger charge is 2.32. The summed E-state index contributed by atoms with van der Waals surface area (Å²) in [5, 5.41) is 21.0. The molecular formula is C16H12F5NO3. The van der Waals surface area contributed by atoms with E-state index in [0.717, 1.165) is 0 Å². The summed E-state index contributed by atoms with van der Waals surface area (Å²) in [5.41, 5.74) is -1.26. The van der Waals surface area contributed by atoms with Gasteiger partial charge in [0.1, 0.15) is 0 Å². The van der Waals surface area contributed by atoms with E-state index < -0.39 is 59.3 Å². The first-order valence-corrected chi connectivity index (χ1v) is 6.95. The lowest BCUT2D eigenvalue weighted by Crippen LogP contribution is -2.36. The quantitative estimate of drug-likeness (QED) is 0.435. The number of carbonyl (C=O) groups is 1. The summed E-state index contributed by atoms with van der Waals surface area (Å²) < 4.78 is 67.1. The van der Waals surface area contributed by atoms with E-state index in [2.05, 4.69) is 0 Å². The van der Waals surface area contributed by atoms with Crippen LogP contribution >= 0.6 is 0 Å². The van der Waals surface area contributed by atoms with E-state index in [9.17, 15) is 37.0 Å². The van der Waals surface area contributed by atoms with Crippen molar-refractivity contribution in [2.24, 2.45) is 0 Å². The highest BCUT2D eigenvalue weighted by Crippen LogP contribution is 2.28. The molecule has 0 aliphatic carbocycles. The molecule has 0 radical (unpaired) electrons. The molecule has 2 atom stereocenters. The molecular weight excluding hydrogens is 349 g/mol. The van der Waals surface area contributed by atoms with Crippen LogP contribution in [0.1, 0.15) is 23.3 Å². The number of aliphatic hydroxyl groups excluding tert-OH is 2. The van der Waals surface area contributed by atoms with E-state index in [1.54, 1.807) is 6.07 Å². The average molecular weight is 361 g/mol. The van der Waals surface area contributed by atoms with Gasteiger partial charge in [0, 0.05) is 0 Å². The van der Waals surface area contributed by atoms with Crippen molar-refractivity contribution in [1.82, 2.24) is 5.32 Å². The van der Waals surface area contributed by atoms with Gasteiger partial charge in [0.2, 0.25) is 5.82 Å². The van der Waals surface area contributed by atoms with E-state index in [1.165, 1.54) is 24.3 Å². The first-order chi connectivity index (χ1) is 11.8. The van der Waals surface area contributed by atoms with Crippen molar-refractivity contribution in [2.45, 2.75) is 12.1 Å². The van der Waals surface area contributed by atoms with E-state index in [0.29, 0.717) is 0 Å². The summed E-state index contributed by atoms with van der Waals surface area (Å²) in [6, 6.07) is 5.46. The molecule has 0 saturated carbocycles. The van der Waals surface area contributed by atoms with Gasteiger partial charge >= 0.3 is 0 Å². The monoisotopic (exact) mass is 361 g/mol. The summed E-state index contributed by atoms with van der Waals surface area (Å²) in [7, 11) is 0. The third-order valence-electron chi connectivity index (χ3n) is 3.45. The SMILES string of the molecule is O=C(N[C@H](CO)c1c(F)c(F)c(F)c(F)c1F)[C@@H](O)c1ccccc1. The topological polar surface area (TPSA) is 69.6 Å². The van der Waals surface area contributed by atoms with Gasteiger partial charge in [-0.2, -0.15) is 0 Å². The van der Waals surface area contributed by atoms with Gasteiger partial charge in [-0.05, 0) is 5.56 Å². The zero-order valence-corrected chi connectivity index (χ0v) is 12.4. The Morgan fingerprint density at radius 1 is 0.920 bits per heavy atom. The van der Waals surface area contributed by atoms with Gasteiger partial charge in [-0.15, -0.1) is 0 Å². The van der Waals surface area contributed by atoms with Crippen molar-refractivity contribution in [3.05, 3.63) is 70.5 Å². The second-order valence-corrected chi connectivity index (χ2v) is 5.04. The van der Waals surface area contributed by atoms with Gasteiger partial charge in [0.15, 0.2) is 29.4 Å². The number of rotatable bonds is 5. The predicted octanol–water partition coefficient (Wildman–Crippen LogP) is 2.27. The maximum Gasteiger partial charge on any atom is 0.254 e. The molecule has 0 aliphatic rings. The molecule has 9 heteroatoms. The Bertz CT molecular complexity index is 756. The van der Waals surface area contributed by atoms with Crippen LogP contribution in [0.3, 0.4) is 0 Å². The highest BCUT2D eigenvalue weighted by atomic mass is 19.2. The van der Waals surface area contributed by atoms with Gasteiger partial charge in [-0.25, -0.2) is 22.0 Å². The van der Waals surface area contributed by atoms with Crippen molar-refractivity contribution in [3.63, 3.8) is 0 Å². The number of hydrogen-bond acceptors (Lipinski definition) is 3. The summed E-state index contributed by atoms with van der Waals surface area (Å²) in [6.07, 6.45) is -1.77. The Balaban J connectivity index is 2.34. The van der Waals surface area contributed by atoms with Gasteiger partial charge in [-0.3, -0.25) is 4.79 Å². The molecule has 2 aromatic carbocycles. The summed E-state index contributed by atoms with van der Waals surface area (Å²) in [5.74, 6) is -12.3. The number of halogens is 5. The lowest BCUT2D eigenvalue weighted by atomic mass is 10.0. The molecule has 25 heavy (non-hydrogen) atoms. The molecule has 1 amide bonds. The van der Waals surface area contributed by atoms with E-state index in [-0.39, 0.29) is 5.56 Å². The van der Waals surface area contributed by atoms with Crippen molar-refractivity contribution >= 4 is 5.91 Å². The molecule has 0 bridgehead atoms. The minimum absolute atomic E-state index is 0.133. The molecule has 2 rings (SSSR count). The number of aliphatic hydroxyl groups is 2. The van der Waals surface area contributed by atoms with Gasteiger partial charge < -0.3 is 15.5 Å². The van der Waals surface area contributed by atoms with Gasteiger partial charge in [0.25, 0.3) is 5.91 Å². The van der Waals surface area contributed by atoms with E-state index >= 15 is 0 Å². The number of amides is 1. The zero-order valence-electron chi connectivity index (χ0n) is 12.4. The molecule has 0 fully saturated rings. The maximum atomic E-state index is 13.8. The van der Waals surface area contributed by atoms with Gasteiger partial charge in [-0.1, -0.05) is 30.3 Å².